The lowest BCUT2D eigenvalue weighted by molar-refractivity contribution is -0.126. The van der Waals surface area contributed by atoms with Crippen LogP contribution in [0.25, 0.3) is 0 Å². The van der Waals surface area contributed by atoms with Gasteiger partial charge in [-0.3, -0.25) is 9.59 Å². The fourth-order valence-corrected chi connectivity index (χ4v) is 4.77. The maximum atomic E-state index is 13.3. The standard InChI is InChI=1S/C23H20FN3O3S/c1-13-2-8-16(9-3-13)27-20(28)18-17-10-11-23(30-17,19(18)21(27)29)12-25-22(31)26-15-6-4-14(24)5-7-15/h2-11,17-19H,12H2,1H3,(H2,25,26,31)/t17-,18-,19+,23+/m1/s1. The molecule has 8 heteroatoms. The summed E-state index contributed by atoms with van der Waals surface area (Å²) in [5.41, 5.74) is 1.32. The molecule has 2 aromatic carbocycles. The number of nitrogens with one attached hydrogen (secondary N) is 2. The number of fused-ring (bicyclic) bond motifs is 5. The highest BCUT2D eigenvalue weighted by Gasteiger charge is 2.67. The molecule has 3 aliphatic rings. The number of imide groups is 1. The van der Waals surface area contributed by atoms with E-state index in [0.717, 1.165) is 5.56 Å². The zero-order chi connectivity index (χ0) is 21.8. The number of aryl methyl sites for hydroxylation is 1. The highest BCUT2D eigenvalue weighted by Crippen LogP contribution is 2.52. The number of hydrogen-bond acceptors (Lipinski definition) is 4. The minimum Gasteiger partial charge on any atom is -0.360 e. The van der Waals surface area contributed by atoms with Gasteiger partial charge in [-0.1, -0.05) is 29.8 Å². The Morgan fingerprint density at radius 2 is 1.84 bits per heavy atom. The number of amides is 2. The van der Waals surface area contributed by atoms with Gasteiger partial charge in [0.25, 0.3) is 0 Å². The van der Waals surface area contributed by atoms with Crippen LogP contribution in [-0.2, 0) is 14.3 Å². The molecule has 2 fully saturated rings. The van der Waals surface area contributed by atoms with E-state index in [-0.39, 0.29) is 24.2 Å². The monoisotopic (exact) mass is 437 g/mol. The van der Waals surface area contributed by atoms with Gasteiger partial charge < -0.3 is 15.4 Å². The van der Waals surface area contributed by atoms with E-state index < -0.39 is 23.5 Å². The molecule has 2 aromatic rings. The molecule has 0 aromatic heterocycles. The summed E-state index contributed by atoms with van der Waals surface area (Å²) in [5.74, 6) is -1.98. The summed E-state index contributed by atoms with van der Waals surface area (Å²) in [6.07, 6.45) is 3.27. The molecule has 0 saturated carbocycles. The van der Waals surface area contributed by atoms with Crippen molar-refractivity contribution in [2.24, 2.45) is 11.8 Å². The first-order valence-electron chi connectivity index (χ1n) is 10.00. The zero-order valence-corrected chi connectivity index (χ0v) is 17.5. The van der Waals surface area contributed by atoms with Gasteiger partial charge in [0.1, 0.15) is 11.4 Å². The van der Waals surface area contributed by atoms with Crippen LogP contribution in [0.1, 0.15) is 5.56 Å². The van der Waals surface area contributed by atoms with Crippen LogP contribution in [0, 0.1) is 24.6 Å². The van der Waals surface area contributed by atoms with Crippen molar-refractivity contribution in [1.82, 2.24) is 5.32 Å². The van der Waals surface area contributed by atoms with Crippen LogP contribution in [0.4, 0.5) is 15.8 Å². The lowest BCUT2D eigenvalue weighted by Crippen LogP contribution is -2.49. The third-order valence-corrected chi connectivity index (χ3v) is 6.32. The number of rotatable bonds is 4. The van der Waals surface area contributed by atoms with E-state index in [0.29, 0.717) is 16.5 Å². The number of ether oxygens (including phenoxy) is 1. The fourth-order valence-electron chi connectivity index (χ4n) is 4.58. The van der Waals surface area contributed by atoms with E-state index >= 15 is 0 Å². The molecule has 0 aliphatic carbocycles. The molecule has 3 heterocycles. The van der Waals surface area contributed by atoms with Crippen LogP contribution < -0.4 is 15.5 Å². The summed E-state index contributed by atoms with van der Waals surface area (Å²) < 4.78 is 19.2. The van der Waals surface area contributed by atoms with E-state index in [1.165, 1.54) is 17.0 Å². The topological polar surface area (TPSA) is 70.7 Å². The van der Waals surface area contributed by atoms with Gasteiger partial charge >= 0.3 is 0 Å². The molecule has 158 valence electrons. The molecule has 2 N–H and O–H groups in total. The number of anilines is 2. The van der Waals surface area contributed by atoms with Gasteiger partial charge in [0.2, 0.25) is 11.8 Å². The summed E-state index contributed by atoms with van der Waals surface area (Å²) in [6.45, 7) is 2.18. The van der Waals surface area contributed by atoms with Gasteiger partial charge in [-0.2, -0.15) is 0 Å². The van der Waals surface area contributed by atoms with E-state index in [1.807, 2.05) is 31.2 Å². The molecule has 4 atom stereocenters. The van der Waals surface area contributed by atoms with Gasteiger partial charge in [-0.15, -0.1) is 0 Å². The predicted octanol–water partition coefficient (Wildman–Crippen LogP) is 2.93. The number of benzene rings is 2. The largest absolute Gasteiger partial charge is 0.360 e. The number of nitrogens with zero attached hydrogens (tertiary/aromatic N) is 1. The maximum absolute atomic E-state index is 13.3. The van der Waals surface area contributed by atoms with Gasteiger partial charge in [0.15, 0.2) is 5.11 Å². The maximum Gasteiger partial charge on any atom is 0.241 e. The van der Waals surface area contributed by atoms with Gasteiger partial charge in [-0.05, 0) is 55.5 Å². The summed E-state index contributed by atoms with van der Waals surface area (Å²) >= 11 is 5.34. The van der Waals surface area contributed by atoms with E-state index in [2.05, 4.69) is 10.6 Å². The molecule has 0 spiro atoms. The summed E-state index contributed by atoms with van der Waals surface area (Å²) in [4.78, 5) is 27.7. The minimum absolute atomic E-state index is 0.231. The van der Waals surface area contributed by atoms with E-state index in [9.17, 15) is 14.0 Å². The summed E-state index contributed by atoms with van der Waals surface area (Å²) in [6, 6.07) is 13.2. The van der Waals surface area contributed by atoms with Crippen molar-refractivity contribution < 1.29 is 18.7 Å². The van der Waals surface area contributed by atoms with Crippen molar-refractivity contribution in [2.45, 2.75) is 18.6 Å². The minimum atomic E-state index is -0.948. The number of carbonyl (C=O) groups excluding carboxylic acids is 2. The zero-order valence-electron chi connectivity index (χ0n) is 16.7. The lowest BCUT2D eigenvalue weighted by atomic mass is 9.77. The molecule has 0 unspecified atom stereocenters. The van der Waals surface area contributed by atoms with Gasteiger partial charge in [0.05, 0.1) is 30.2 Å². The first-order chi connectivity index (χ1) is 14.9. The Labute approximate surface area is 184 Å². The van der Waals surface area contributed by atoms with E-state index in [4.69, 9.17) is 17.0 Å². The molecular weight excluding hydrogens is 417 g/mol. The number of thiocarbonyl (C=S) groups is 1. The van der Waals surface area contributed by atoms with Crippen molar-refractivity contribution in [2.75, 3.05) is 16.8 Å². The number of carbonyl (C=O) groups is 2. The Bertz CT molecular complexity index is 1100. The predicted molar refractivity (Wildman–Crippen MR) is 118 cm³/mol. The molecular formula is C23H20FN3O3S. The molecule has 2 saturated heterocycles. The van der Waals surface area contributed by atoms with Crippen molar-refractivity contribution in [3.63, 3.8) is 0 Å². The molecule has 0 radical (unpaired) electrons. The van der Waals surface area contributed by atoms with Crippen LogP contribution in [0.3, 0.4) is 0 Å². The highest BCUT2D eigenvalue weighted by atomic mass is 32.1. The molecule has 3 aliphatic heterocycles. The van der Waals surface area contributed by atoms with Crippen LogP contribution in [0.2, 0.25) is 0 Å². The first kappa shape index (κ1) is 19.8. The van der Waals surface area contributed by atoms with Crippen molar-refractivity contribution in [1.29, 1.82) is 0 Å². The smallest absolute Gasteiger partial charge is 0.241 e. The summed E-state index contributed by atoms with van der Waals surface area (Å²) in [5, 5.41) is 6.38. The van der Waals surface area contributed by atoms with Crippen molar-refractivity contribution in [3.8, 4) is 0 Å². The second-order valence-electron chi connectivity index (χ2n) is 8.06. The van der Waals surface area contributed by atoms with Crippen LogP contribution in [0.5, 0.6) is 0 Å². The Morgan fingerprint density at radius 1 is 1.13 bits per heavy atom. The number of hydrogen-bond donors (Lipinski definition) is 2. The second-order valence-corrected chi connectivity index (χ2v) is 8.47. The average Bonchev–Trinajstić information content (AvgIpc) is 3.40. The molecule has 5 rings (SSSR count). The van der Waals surface area contributed by atoms with Crippen molar-refractivity contribution >= 4 is 40.5 Å². The Balaban J connectivity index is 1.33. The van der Waals surface area contributed by atoms with E-state index in [1.54, 1.807) is 24.3 Å². The van der Waals surface area contributed by atoms with Gasteiger partial charge in [-0.25, -0.2) is 9.29 Å². The first-order valence-corrected chi connectivity index (χ1v) is 10.4. The number of halogens is 1. The van der Waals surface area contributed by atoms with Crippen LogP contribution in [0.15, 0.2) is 60.7 Å². The Morgan fingerprint density at radius 3 is 2.55 bits per heavy atom. The van der Waals surface area contributed by atoms with Gasteiger partial charge in [0, 0.05) is 5.69 Å². The molecule has 2 amide bonds. The van der Waals surface area contributed by atoms with Crippen molar-refractivity contribution in [3.05, 3.63) is 72.1 Å². The third kappa shape index (κ3) is 3.23. The SMILES string of the molecule is Cc1ccc(N2C(=O)[C@H]3[C@@H](C2=O)[C@@]2(CNC(=S)Nc4ccc(F)cc4)C=C[C@H]3O2)cc1. The molecule has 6 nitrogen and oxygen atoms in total. The normalized spacial score (nSPS) is 28.2. The molecule has 2 bridgehead atoms. The quantitative estimate of drug-likeness (QED) is 0.436. The fraction of sp³-hybridized carbons (Fsp3) is 0.261. The average molecular weight is 437 g/mol. The Hall–Kier alpha value is -3.10. The van der Waals surface area contributed by atoms with Crippen LogP contribution >= 0.6 is 12.2 Å². The summed E-state index contributed by atoms with van der Waals surface area (Å²) in [7, 11) is 0. The second kappa shape index (κ2) is 7.25. The Kier molecular flexibility index (Phi) is 4.64. The molecule has 31 heavy (non-hydrogen) atoms. The lowest BCUT2D eigenvalue weighted by Gasteiger charge is -2.29. The highest BCUT2D eigenvalue weighted by molar-refractivity contribution is 7.80. The third-order valence-electron chi connectivity index (χ3n) is 6.07. The van der Waals surface area contributed by atoms with Crippen LogP contribution in [-0.4, -0.2) is 35.2 Å².